The van der Waals surface area contributed by atoms with Crippen LogP contribution in [0.25, 0.3) is 11.0 Å². The maximum atomic E-state index is 11.9. The van der Waals surface area contributed by atoms with Crippen molar-refractivity contribution in [1.82, 2.24) is 14.8 Å². The molecule has 0 spiro atoms. The number of fused-ring (bicyclic) bond motifs is 1. The summed E-state index contributed by atoms with van der Waals surface area (Å²) in [6, 6.07) is 7.36. The van der Waals surface area contributed by atoms with Crippen LogP contribution in [0.2, 0.25) is 0 Å². The molecule has 2 heterocycles. The molecular weight excluding hydrogens is 364 g/mol. The first-order chi connectivity index (χ1) is 13.0. The summed E-state index contributed by atoms with van der Waals surface area (Å²) in [7, 11) is 0. The molecule has 1 aliphatic carbocycles. The van der Waals surface area contributed by atoms with E-state index in [9.17, 15) is 9.59 Å². The fourth-order valence-electron chi connectivity index (χ4n) is 3.08. The monoisotopic (exact) mass is 384 g/mol. The number of hydrogen-bond donors (Lipinski definition) is 1. The first kappa shape index (κ1) is 17.8. The predicted octanol–water partition coefficient (Wildman–Crippen LogP) is 2.74. The Hall–Kier alpha value is -2.61. The molecule has 1 saturated carbocycles. The molecular formula is C19H20N4O3S. The molecule has 0 bridgehead atoms. The van der Waals surface area contributed by atoms with Gasteiger partial charge in [-0.15, -0.1) is 10.2 Å². The van der Waals surface area contributed by atoms with Gasteiger partial charge in [-0.25, -0.2) is 4.79 Å². The summed E-state index contributed by atoms with van der Waals surface area (Å²) >= 11 is 1.50. The second kappa shape index (κ2) is 7.19. The molecule has 0 aliphatic heterocycles. The lowest BCUT2D eigenvalue weighted by molar-refractivity contribution is -0.118. The summed E-state index contributed by atoms with van der Waals surface area (Å²) in [5.41, 5.74) is 7.47. The number of carbonyl (C=O) groups excluding carboxylic acids is 1. The van der Waals surface area contributed by atoms with Crippen molar-refractivity contribution < 1.29 is 9.21 Å². The molecule has 0 unspecified atom stereocenters. The lowest BCUT2D eigenvalue weighted by Crippen LogP contribution is -2.15. The third-order valence-electron chi connectivity index (χ3n) is 4.61. The number of amides is 1. The van der Waals surface area contributed by atoms with E-state index in [1.165, 1.54) is 17.8 Å². The lowest BCUT2D eigenvalue weighted by Gasteiger charge is -2.09. The van der Waals surface area contributed by atoms with Gasteiger partial charge in [-0.1, -0.05) is 23.9 Å². The number of hydrogen-bond acceptors (Lipinski definition) is 6. The van der Waals surface area contributed by atoms with Gasteiger partial charge in [-0.05, 0) is 37.0 Å². The molecule has 1 amide bonds. The molecule has 1 aliphatic rings. The van der Waals surface area contributed by atoms with Crippen LogP contribution in [-0.2, 0) is 17.1 Å². The maximum absolute atomic E-state index is 11.9. The summed E-state index contributed by atoms with van der Waals surface area (Å²) in [5.74, 6) is 1.56. The van der Waals surface area contributed by atoms with Gasteiger partial charge >= 0.3 is 5.63 Å². The van der Waals surface area contributed by atoms with E-state index < -0.39 is 0 Å². The van der Waals surface area contributed by atoms with E-state index in [0.717, 1.165) is 40.3 Å². The summed E-state index contributed by atoms with van der Waals surface area (Å²) in [5, 5.41) is 10.3. The van der Waals surface area contributed by atoms with Gasteiger partial charge in [-0.3, -0.25) is 4.79 Å². The first-order valence-electron chi connectivity index (χ1n) is 8.89. The molecule has 0 atom stereocenters. The highest BCUT2D eigenvalue weighted by atomic mass is 32.2. The second-order valence-corrected chi connectivity index (χ2v) is 7.80. The van der Waals surface area contributed by atoms with E-state index in [2.05, 4.69) is 10.2 Å². The number of nitrogens with two attached hydrogens (primary N) is 1. The predicted molar refractivity (Wildman–Crippen MR) is 103 cm³/mol. The Labute approximate surface area is 160 Å². The van der Waals surface area contributed by atoms with Crippen molar-refractivity contribution in [3.63, 3.8) is 0 Å². The SMILES string of the molecule is Cc1ccc2c(CSc3nnc(C4CC4)n3CCC(N)=O)cc(=O)oc2c1. The van der Waals surface area contributed by atoms with Crippen LogP contribution in [-0.4, -0.2) is 20.7 Å². The van der Waals surface area contributed by atoms with Crippen LogP contribution in [0.1, 0.15) is 42.1 Å². The number of aromatic nitrogens is 3. The number of thioether (sulfide) groups is 1. The normalized spacial score (nSPS) is 14.0. The van der Waals surface area contributed by atoms with Crippen LogP contribution in [0.15, 0.2) is 38.6 Å². The minimum Gasteiger partial charge on any atom is -0.423 e. The fraction of sp³-hybridized carbons (Fsp3) is 0.368. The average molecular weight is 384 g/mol. The van der Waals surface area contributed by atoms with Gasteiger partial charge in [0.25, 0.3) is 0 Å². The number of rotatable bonds is 7. The molecule has 2 N–H and O–H groups in total. The van der Waals surface area contributed by atoms with Crippen LogP contribution >= 0.6 is 11.8 Å². The van der Waals surface area contributed by atoms with Crippen LogP contribution in [0.4, 0.5) is 0 Å². The Morgan fingerprint density at radius 3 is 2.89 bits per heavy atom. The van der Waals surface area contributed by atoms with Crippen LogP contribution in [0.3, 0.4) is 0 Å². The summed E-state index contributed by atoms with van der Waals surface area (Å²) < 4.78 is 7.31. The zero-order valence-electron chi connectivity index (χ0n) is 15.0. The molecule has 0 saturated heterocycles. The molecule has 4 rings (SSSR count). The standard InChI is InChI=1S/C19H20N4O3S/c1-11-2-5-14-13(9-17(25)26-15(14)8-11)10-27-19-22-21-18(12-3-4-12)23(19)7-6-16(20)24/h2,5,8-9,12H,3-4,6-7,10H2,1H3,(H2,20,24). The van der Waals surface area contributed by atoms with Crippen molar-refractivity contribution in [3.8, 4) is 0 Å². The first-order valence-corrected chi connectivity index (χ1v) is 9.87. The Kier molecular flexibility index (Phi) is 4.73. The van der Waals surface area contributed by atoms with Crippen LogP contribution in [0, 0.1) is 6.92 Å². The smallest absolute Gasteiger partial charge is 0.336 e. The highest BCUT2D eigenvalue weighted by Gasteiger charge is 2.30. The molecule has 3 aromatic rings. The largest absolute Gasteiger partial charge is 0.423 e. The fourth-order valence-corrected chi connectivity index (χ4v) is 4.04. The van der Waals surface area contributed by atoms with Gasteiger partial charge in [0, 0.05) is 36.1 Å². The van der Waals surface area contributed by atoms with E-state index in [-0.39, 0.29) is 18.0 Å². The van der Waals surface area contributed by atoms with Crippen molar-refractivity contribution >= 4 is 28.6 Å². The van der Waals surface area contributed by atoms with E-state index in [0.29, 0.717) is 23.8 Å². The molecule has 2 aromatic heterocycles. The second-order valence-electron chi connectivity index (χ2n) is 6.86. The quantitative estimate of drug-likeness (QED) is 0.496. The van der Waals surface area contributed by atoms with Gasteiger partial charge in [0.05, 0.1) is 0 Å². The average Bonchev–Trinajstić information content (AvgIpc) is 3.38. The number of benzene rings is 1. The van der Waals surface area contributed by atoms with E-state index in [1.54, 1.807) is 0 Å². The van der Waals surface area contributed by atoms with Gasteiger partial charge in [0.15, 0.2) is 5.16 Å². The van der Waals surface area contributed by atoms with Crippen molar-refractivity contribution in [2.45, 2.75) is 49.6 Å². The maximum Gasteiger partial charge on any atom is 0.336 e. The minimum atomic E-state index is -0.363. The number of aryl methyl sites for hydroxylation is 1. The molecule has 1 fully saturated rings. The molecule has 8 heteroatoms. The van der Waals surface area contributed by atoms with Crippen LogP contribution in [0.5, 0.6) is 0 Å². The summed E-state index contributed by atoms with van der Waals surface area (Å²) in [6.45, 7) is 2.44. The Morgan fingerprint density at radius 1 is 1.33 bits per heavy atom. The molecule has 1 aromatic carbocycles. The molecule has 140 valence electrons. The van der Waals surface area contributed by atoms with Crippen molar-refractivity contribution in [2.75, 3.05) is 0 Å². The van der Waals surface area contributed by atoms with Gasteiger partial charge in [0.1, 0.15) is 11.4 Å². The van der Waals surface area contributed by atoms with E-state index in [4.69, 9.17) is 10.2 Å². The van der Waals surface area contributed by atoms with E-state index in [1.807, 2.05) is 29.7 Å². The van der Waals surface area contributed by atoms with E-state index >= 15 is 0 Å². The number of nitrogens with zero attached hydrogens (tertiary/aromatic N) is 3. The third-order valence-corrected chi connectivity index (χ3v) is 5.63. The third kappa shape index (κ3) is 3.90. The molecule has 7 nitrogen and oxygen atoms in total. The summed E-state index contributed by atoms with van der Waals surface area (Å²) in [6.07, 6.45) is 2.45. The van der Waals surface area contributed by atoms with Gasteiger partial charge in [0.2, 0.25) is 5.91 Å². The highest BCUT2D eigenvalue weighted by molar-refractivity contribution is 7.98. The summed E-state index contributed by atoms with van der Waals surface area (Å²) in [4.78, 5) is 23.1. The van der Waals surface area contributed by atoms with Crippen molar-refractivity contribution in [2.24, 2.45) is 5.73 Å². The van der Waals surface area contributed by atoms with Crippen molar-refractivity contribution in [3.05, 3.63) is 51.6 Å². The number of primary amides is 1. The lowest BCUT2D eigenvalue weighted by atomic mass is 10.1. The van der Waals surface area contributed by atoms with Crippen LogP contribution < -0.4 is 11.4 Å². The topological polar surface area (TPSA) is 104 Å². The highest BCUT2D eigenvalue weighted by Crippen LogP contribution is 2.40. The zero-order valence-corrected chi connectivity index (χ0v) is 15.8. The molecule has 0 radical (unpaired) electrons. The van der Waals surface area contributed by atoms with Gasteiger partial charge in [-0.2, -0.15) is 0 Å². The molecule has 27 heavy (non-hydrogen) atoms. The number of carbonyl (C=O) groups is 1. The van der Waals surface area contributed by atoms with Crippen molar-refractivity contribution in [1.29, 1.82) is 0 Å². The zero-order chi connectivity index (χ0) is 19.0. The Bertz CT molecular complexity index is 1070. The van der Waals surface area contributed by atoms with Gasteiger partial charge < -0.3 is 14.7 Å². The minimum absolute atomic E-state index is 0.252. The Balaban J connectivity index is 1.61. The Morgan fingerprint density at radius 2 is 2.15 bits per heavy atom.